The zero-order valence-electron chi connectivity index (χ0n) is 19.0. The first-order chi connectivity index (χ1) is 15.5. The van der Waals surface area contributed by atoms with Crippen LogP contribution in [-0.4, -0.2) is 35.0 Å². The molecular weight excluding hydrogens is 402 g/mol. The third-order valence-corrected chi connectivity index (χ3v) is 5.57. The molecule has 2 aromatic carbocycles. The van der Waals surface area contributed by atoms with Crippen LogP contribution in [0.15, 0.2) is 66.7 Å². The molecule has 0 radical (unpaired) electrons. The van der Waals surface area contributed by atoms with Gasteiger partial charge < -0.3 is 19.1 Å². The van der Waals surface area contributed by atoms with Crippen LogP contribution in [0.4, 0.5) is 0 Å². The average Bonchev–Trinajstić information content (AvgIpc) is 3.13. The summed E-state index contributed by atoms with van der Waals surface area (Å²) < 4.78 is 13.1. The summed E-state index contributed by atoms with van der Waals surface area (Å²) in [4.78, 5) is 11.3. The van der Waals surface area contributed by atoms with Crippen molar-refractivity contribution in [3.63, 3.8) is 0 Å². The largest absolute Gasteiger partial charge is 0.494 e. The Morgan fingerprint density at radius 3 is 2.47 bits per heavy atom. The minimum Gasteiger partial charge on any atom is -0.494 e. The maximum atomic E-state index is 11.3. The molecule has 0 aliphatic heterocycles. The van der Waals surface area contributed by atoms with Crippen LogP contribution in [0.2, 0.25) is 0 Å². The molecule has 32 heavy (non-hydrogen) atoms. The minimum absolute atomic E-state index is 0.354. The van der Waals surface area contributed by atoms with Gasteiger partial charge in [0.25, 0.3) is 0 Å². The number of aliphatic hydroxyl groups is 1. The van der Waals surface area contributed by atoms with Gasteiger partial charge in [-0.1, -0.05) is 24.8 Å². The van der Waals surface area contributed by atoms with Crippen LogP contribution in [0.1, 0.15) is 39.0 Å². The number of aliphatic hydroxyl groups excluding tert-OH is 1. The lowest BCUT2D eigenvalue weighted by Gasteiger charge is -2.12. The van der Waals surface area contributed by atoms with E-state index in [2.05, 4.69) is 60.7 Å². The van der Waals surface area contributed by atoms with Crippen molar-refractivity contribution in [2.24, 2.45) is 7.05 Å². The standard InChI is InChI=1S/C27H33NO4/c1-20(2)27(30)32-17-7-6-10-23(29)11-8-18-31-24-15-13-21(14-16-24)26-19-22-9-4-5-12-25(22)28(26)3/h4-5,9,12-16,19,23,29H,1,6-8,10-11,17-18H2,2-3H3. The SMILES string of the molecule is C=C(C)C(=O)OCCCCC(O)CCCOc1ccc(-c2cc3ccccc3n2C)cc1. The fraction of sp³-hybridized carbons (Fsp3) is 0.370. The first-order valence-electron chi connectivity index (χ1n) is 11.2. The highest BCUT2D eigenvalue weighted by Gasteiger charge is 2.08. The summed E-state index contributed by atoms with van der Waals surface area (Å²) in [6.07, 6.45) is 3.39. The number of fused-ring (bicyclic) bond motifs is 1. The van der Waals surface area contributed by atoms with E-state index >= 15 is 0 Å². The third kappa shape index (κ3) is 6.47. The van der Waals surface area contributed by atoms with Gasteiger partial charge in [-0.3, -0.25) is 0 Å². The van der Waals surface area contributed by atoms with Crippen molar-refractivity contribution in [1.29, 1.82) is 0 Å². The molecule has 0 saturated heterocycles. The maximum Gasteiger partial charge on any atom is 0.333 e. The number of ether oxygens (including phenoxy) is 2. The fourth-order valence-electron chi connectivity index (χ4n) is 3.71. The molecular formula is C27H33NO4. The molecule has 170 valence electrons. The van der Waals surface area contributed by atoms with Gasteiger partial charge in [0.2, 0.25) is 0 Å². The molecule has 0 bridgehead atoms. The number of benzene rings is 2. The van der Waals surface area contributed by atoms with E-state index in [0.29, 0.717) is 31.6 Å². The normalized spacial score (nSPS) is 12.0. The Balaban J connectivity index is 1.35. The van der Waals surface area contributed by atoms with E-state index in [9.17, 15) is 9.90 Å². The molecule has 0 aliphatic rings. The molecule has 0 saturated carbocycles. The monoisotopic (exact) mass is 435 g/mol. The van der Waals surface area contributed by atoms with E-state index in [1.807, 2.05) is 12.1 Å². The molecule has 5 nitrogen and oxygen atoms in total. The zero-order chi connectivity index (χ0) is 22.9. The molecule has 1 N–H and O–H groups in total. The second kappa shape index (κ2) is 11.5. The molecule has 0 fully saturated rings. The number of hydrogen-bond donors (Lipinski definition) is 1. The van der Waals surface area contributed by atoms with Crippen LogP contribution in [0.5, 0.6) is 5.75 Å². The molecule has 3 rings (SSSR count). The second-order valence-electron chi connectivity index (χ2n) is 8.23. The quantitative estimate of drug-likeness (QED) is 0.227. The Hall–Kier alpha value is -3.05. The van der Waals surface area contributed by atoms with E-state index in [4.69, 9.17) is 9.47 Å². The number of para-hydroxylation sites is 1. The minimum atomic E-state index is -0.357. The molecule has 1 heterocycles. The van der Waals surface area contributed by atoms with Crippen molar-refractivity contribution in [3.05, 3.63) is 66.7 Å². The molecule has 1 aromatic heterocycles. The van der Waals surface area contributed by atoms with Crippen molar-refractivity contribution < 1.29 is 19.4 Å². The van der Waals surface area contributed by atoms with Gasteiger partial charge in [-0.25, -0.2) is 4.79 Å². The highest BCUT2D eigenvalue weighted by atomic mass is 16.5. The Morgan fingerprint density at radius 2 is 1.75 bits per heavy atom. The highest BCUT2D eigenvalue weighted by Crippen LogP contribution is 2.28. The van der Waals surface area contributed by atoms with Gasteiger partial charge >= 0.3 is 5.97 Å². The summed E-state index contributed by atoms with van der Waals surface area (Å²) in [5, 5.41) is 11.3. The van der Waals surface area contributed by atoms with Gasteiger partial charge in [0.15, 0.2) is 0 Å². The topological polar surface area (TPSA) is 60.7 Å². The van der Waals surface area contributed by atoms with Crippen molar-refractivity contribution >= 4 is 16.9 Å². The van der Waals surface area contributed by atoms with Crippen molar-refractivity contribution in [2.45, 2.75) is 45.1 Å². The van der Waals surface area contributed by atoms with Crippen molar-refractivity contribution in [1.82, 2.24) is 4.57 Å². The number of aryl methyl sites for hydroxylation is 1. The van der Waals surface area contributed by atoms with Gasteiger partial charge in [0.05, 0.1) is 19.3 Å². The van der Waals surface area contributed by atoms with Gasteiger partial charge in [0.1, 0.15) is 5.75 Å². The summed E-state index contributed by atoms with van der Waals surface area (Å²) >= 11 is 0. The molecule has 5 heteroatoms. The molecule has 1 atom stereocenters. The van der Waals surface area contributed by atoms with Crippen LogP contribution < -0.4 is 4.74 Å². The van der Waals surface area contributed by atoms with Gasteiger partial charge in [-0.05, 0) is 81.0 Å². The van der Waals surface area contributed by atoms with Gasteiger partial charge in [-0.15, -0.1) is 0 Å². The zero-order valence-corrected chi connectivity index (χ0v) is 19.0. The Kier molecular flexibility index (Phi) is 8.51. The first-order valence-corrected chi connectivity index (χ1v) is 11.2. The molecule has 0 spiro atoms. The van der Waals surface area contributed by atoms with Crippen molar-refractivity contribution in [3.8, 4) is 17.0 Å². The first kappa shape index (κ1) is 23.6. The van der Waals surface area contributed by atoms with Gasteiger partial charge in [-0.2, -0.15) is 0 Å². The highest BCUT2D eigenvalue weighted by molar-refractivity contribution is 5.87. The fourth-order valence-corrected chi connectivity index (χ4v) is 3.71. The number of carbonyl (C=O) groups is 1. The Morgan fingerprint density at radius 1 is 1.03 bits per heavy atom. The Bertz CT molecular complexity index is 1040. The number of hydrogen-bond acceptors (Lipinski definition) is 4. The van der Waals surface area contributed by atoms with E-state index < -0.39 is 0 Å². The van der Waals surface area contributed by atoms with Crippen LogP contribution in [0.25, 0.3) is 22.2 Å². The summed E-state index contributed by atoms with van der Waals surface area (Å²) in [5.41, 5.74) is 3.96. The van der Waals surface area contributed by atoms with E-state index in [1.165, 1.54) is 16.6 Å². The second-order valence-corrected chi connectivity index (χ2v) is 8.23. The molecule has 1 unspecified atom stereocenters. The maximum absolute atomic E-state index is 11.3. The predicted octanol–water partition coefficient (Wildman–Crippen LogP) is 5.65. The predicted molar refractivity (Wildman–Crippen MR) is 129 cm³/mol. The summed E-state index contributed by atoms with van der Waals surface area (Å²) in [7, 11) is 2.09. The van der Waals surface area contributed by atoms with E-state index in [0.717, 1.165) is 30.6 Å². The van der Waals surface area contributed by atoms with E-state index in [-0.39, 0.29) is 12.1 Å². The number of esters is 1. The van der Waals surface area contributed by atoms with Crippen LogP contribution in [0.3, 0.4) is 0 Å². The molecule has 0 aliphatic carbocycles. The summed E-state index contributed by atoms with van der Waals surface area (Å²) in [6, 6.07) is 18.7. The lowest BCUT2D eigenvalue weighted by molar-refractivity contribution is -0.139. The number of unbranched alkanes of at least 4 members (excludes halogenated alkanes) is 1. The lowest BCUT2D eigenvalue weighted by atomic mass is 10.1. The van der Waals surface area contributed by atoms with Crippen LogP contribution >= 0.6 is 0 Å². The van der Waals surface area contributed by atoms with Gasteiger partial charge in [0, 0.05) is 29.2 Å². The van der Waals surface area contributed by atoms with Crippen molar-refractivity contribution in [2.75, 3.05) is 13.2 Å². The van der Waals surface area contributed by atoms with Crippen LogP contribution in [0, 0.1) is 0 Å². The number of carbonyl (C=O) groups excluding carboxylic acids is 1. The third-order valence-electron chi connectivity index (χ3n) is 5.57. The van der Waals surface area contributed by atoms with E-state index in [1.54, 1.807) is 6.92 Å². The smallest absolute Gasteiger partial charge is 0.333 e. The summed E-state index contributed by atoms with van der Waals surface area (Å²) in [6.45, 7) is 6.12. The summed E-state index contributed by atoms with van der Waals surface area (Å²) in [5.74, 6) is 0.481. The Labute approximate surface area is 190 Å². The molecule has 0 amide bonds. The number of rotatable bonds is 12. The number of nitrogens with zero attached hydrogens (tertiary/aromatic N) is 1. The average molecular weight is 436 g/mol. The molecule has 3 aromatic rings. The number of aromatic nitrogens is 1. The van der Waals surface area contributed by atoms with Crippen LogP contribution in [-0.2, 0) is 16.6 Å². The lowest BCUT2D eigenvalue weighted by Crippen LogP contribution is -2.10.